The molecule has 0 saturated carbocycles. The molecular weight excluding hydrogens is 1160 g/mol. The van der Waals surface area contributed by atoms with Crippen molar-refractivity contribution in [1.82, 2.24) is 14.1 Å². The van der Waals surface area contributed by atoms with Crippen LogP contribution in [-0.2, 0) is 5.41 Å². The summed E-state index contributed by atoms with van der Waals surface area (Å²) in [5, 5.41) is 7.37. The van der Waals surface area contributed by atoms with Crippen LogP contribution in [0.3, 0.4) is 0 Å². The van der Waals surface area contributed by atoms with E-state index in [1.165, 1.54) is 91.4 Å². The highest BCUT2D eigenvalue weighted by Gasteiger charge is 2.44. The van der Waals surface area contributed by atoms with Gasteiger partial charge in [0.15, 0.2) is 0 Å². The molecule has 13 aromatic carbocycles. The number of para-hydroxylation sites is 4. The summed E-state index contributed by atoms with van der Waals surface area (Å²) >= 11 is 1.88. The lowest BCUT2D eigenvalue weighted by Crippen LogP contribution is -2.61. The van der Waals surface area contributed by atoms with E-state index in [2.05, 4.69) is 349 Å². The lowest BCUT2D eigenvalue weighted by Gasteiger charge is -2.45. The van der Waals surface area contributed by atoms with Gasteiger partial charge >= 0.3 is 0 Å². The van der Waals surface area contributed by atoms with Crippen molar-refractivity contribution in [3.63, 3.8) is 0 Å². The molecule has 4 aromatic heterocycles. The highest BCUT2D eigenvalue weighted by atomic mass is 32.1. The zero-order chi connectivity index (χ0) is 62.3. The molecule has 442 valence electrons. The van der Waals surface area contributed by atoms with E-state index < -0.39 is 0 Å². The number of fused-ring (bicyclic) bond motifs is 14. The van der Waals surface area contributed by atoms with Crippen LogP contribution >= 0.6 is 11.3 Å². The molecule has 0 N–H and O–H groups in total. The molecule has 2 aliphatic rings. The molecule has 0 atom stereocenters. The van der Waals surface area contributed by atoms with Crippen molar-refractivity contribution in [2.24, 2.45) is 0 Å². The first-order valence-electron chi connectivity index (χ1n) is 32.5. The number of anilines is 6. The fourth-order valence-electron chi connectivity index (χ4n) is 15.6. The second-order valence-corrected chi connectivity index (χ2v) is 27.2. The molecule has 0 bridgehead atoms. The van der Waals surface area contributed by atoms with Crippen LogP contribution in [0.15, 0.2) is 309 Å². The predicted octanol–water partition coefficient (Wildman–Crippen LogP) is 21.7. The standard InChI is InChI=1S/C87H60BN5S/c1-87(2,3)60-44-49-77(69(52-60)57-28-11-6-12-29-57)92-78-47-42-58(55-24-7-4-8-25-55)50-70(78)88-71-51-59(43-48-79(71)91(80-39-23-40-81(92)84(80)88)73-35-18-13-30-62(73)56-26-9-5-10-27-56)72-53-61(54-83(89-72)93-75-37-20-14-31-63(75)64-32-15-21-38-76(64)93)90-74-36-19-16-33-65(74)67-45-46-68-66-34-17-22-41-82(66)94-86(68)85(67)90/h4-54H,1-3H3. The monoisotopic (exact) mass is 1220 g/mol. The minimum absolute atomic E-state index is 0.0781. The molecule has 19 rings (SSSR count). The lowest BCUT2D eigenvalue weighted by molar-refractivity contribution is 0.590. The van der Waals surface area contributed by atoms with Crippen LogP contribution in [0.25, 0.3) is 120 Å². The van der Waals surface area contributed by atoms with Gasteiger partial charge in [0.1, 0.15) is 5.82 Å². The highest BCUT2D eigenvalue weighted by molar-refractivity contribution is 7.26. The van der Waals surface area contributed by atoms with E-state index in [1.54, 1.807) is 0 Å². The van der Waals surface area contributed by atoms with Gasteiger partial charge in [0, 0.05) is 77.0 Å². The van der Waals surface area contributed by atoms with Gasteiger partial charge in [-0.05, 0) is 128 Å². The Morgan fingerprint density at radius 2 is 0.840 bits per heavy atom. The molecule has 94 heavy (non-hydrogen) atoms. The zero-order valence-corrected chi connectivity index (χ0v) is 53.0. The quantitative estimate of drug-likeness (QED) is 0.142. The van der Waals surface area contributed by atoms with Gasteiger partial charge in [-0.1, -0.05) is 251 Å². The van der Waals surface area contributed by atoms with Gasteiger partial charge in [-0.3, -0.25) is 4.57 Å². The number of benzene rings is 13. The minimum atomic E-state index is -0.205. The second kappa shape index (κ2) is 21.0. The smallest absolute Gasteiger partial charge is 0.252 e. The van der Waals surface area contributed by atoms with E-state index in [1.807, 2.05) is 11.3 Å². The maximum atomic E-state index is 5.96. The van der Waals surface area contributed by atoms with Crippen LogP contribution in [0.1, 0.15) is 26.3 Å². The van der Waals surface area contributed by atoms with Gasteiger partial charge in [0.25, 0.3) is 6.71 Å². The lowest BCUT2D eigenvalue weighted by atomic mass is 9.33. The number of pyridine rings is 1. The van der Waals surface area contributed by atoms with E-state index in [0.717, 1.165) is 84.6 Å². The SMILES string of the molecule is CC(C)(C)c1ccc(N2c3ccc(-c4ccccc4)cc3B3c4cc(-c5cc(-n6c7ccccc7c7ccc8c9ccccc9sc8c76)cc(-n6c7ccccc7c7ccccc76)n5)ccc4N(c4ccccc4-c4ccccc4)c4cccc2c43)c(-c2ccccc2)c1. The van der Waals surface area contributed by atoms with Gasteiger partial charge in [0.05, 0.1) is 49.5 Å². The molecule has 0 spiro atoms. The number of rotatable bonds is 8. The second-order valence-electron chi connectivity index (χ2n) is 26.2. The highest BCUT2D eigenvalue weighted by Crippen LogP contribution is 2.50. The van der Waals surface area contributed by atoms with Gasteiger partial charge in [0.2, 0.25) is 0 Å². The summed E-state index contributed by atoms with van der Waals surface area (Å²) < 4.78 is 7.47. The fraction of sp³-hybridized carbons (Fsp3) is 0.0460. The largest absolute Gasteiger partial charge is 0.311 e. The van der Waals surface area contributed by atoms with Gasteiger partial charge < -0.3 is 14.4 Å². The first-order valence-corrected chi connectivity index (χ1v) is 33.4. The molecule has 7 heteroatoms. The summed E-state index contributed by atoms with van der Waals surface area (Å²) in [6.07, 6.45) is 0. The van der Waals surface area contributed by atoms with Gasteiger partial charge in [-0.25, -0.2) is 4.98 Å². The predicted molar refractivity (Wildman–Crippen MR) is 400 cm³/mol. The molecule has 0 radical (unpaired) electrons. The van der Waals surface area contributed by atoms with Crippen LogP contribution in [-0.4, -0.2) is 20.8 Å². The zero-order valence-electron chi connectivity index (χ0n) is 52.2. The molecule has 6 heterocycles. The Morgan fingerprint density at radius 3 is 1.50 bits per heavy atom. The molecular formula is C87H60BN5S. The Morgan fingerprint density at radius 1 is 0.340 bits per heavy atom. The van der Waals surface area contributed by atoms with Crippen LogP contribution in [0.4, 0.5) is 34.1 Å². The number of thiophene rings is 1. The number of nitrogens with zero attached hydrogens (tertiary/aromatic N) is 5. The topological polar surface area (TPSA) is 29.2 Å². The molecule has 0 unspecified atom stereocenters. The summed E-state index contributed by atoms with van der Waals surface area (Å²) in [5.41, 5.74) is 26.2. The molecule has 0 fully saturated rings. The summed E-state index contributed by atoms with van der Waals surface area (Å²) in [6, 6.07) is 115. The first-order chi connectivity index (χ1) is 46.3. The maximum Gasteiger partial charge on any atom is 0.252 e. The summed E-state index contributed by atoms with van der Waals surface area (Å²) in [6.45, 7) is 6.74. The average Bonchev–Trinajstić information content (AvgIpc) is 0.862. The Balaban J connectivity index is 0.914. The van der Waals surface area contributed by atoms with Crippen molar-refractivity contribution in [3.8, 4) is 56.1 Å². The van der Waals surface area contributed by atoms with E-state index in [-0.39, 0.29) is 12.1 Å². The van der Waals surface area contributed by atoms with E-state index >= 15 is 0 Å². The fourth-order valence-corrected chi connectivity index (χ4v) is 16.8. The third-order valence-corrected chi connectivity index (χ3v) is 21.0. The summed E-state index contributed by atoms with van der Waals surface area (Å²) in [7, 11) is 0. The Bertz CT molecular complexity index is 5880. The van der Waals surface area contributed by atoms with Crippen molar-refractivity contribution in [2.45, 2.75) is 26.2 Å². The molecule has 0 amide bonds. The molecule has 17 aromatic rings. The van der Waals surface area contributed by atoms with Crippen molar-refractivity contribution in [1.29, 1.82) is 0 Å². The Kier molecular flexibility index (Phi) is 12.1. The Hall–Kier alpha value is -11.5. The number of hydrogen-bond acceptors (Lipinski definition) is 4. The normalized spacial score (nSPS) is 12.8. The Labute approximate surface area is 550 Å². The molecule has 0 saturated heterocycles. The third-order valence-electron chi connectivity index (χ3n) is 19.9. The number of aromatic nitrogens is 3. The molecule has 2 aliphatic heterocycles. The van der Waals surface area contributed by atoms with Crippen LogP contribution in [0, 0.1) is 0 Å². The molecule has 5 nitrogen and oxygen atoms in total. The van der Waals surface area contributed by atoms with Crippen molar-refractivity contribution < 1.29 is 0 Å². The van der Waals surface area contributed by atoms with E-state index in [0.29, 0.717) is 0 Å². The van der Waals surface area contributed by atoms with Crippen LogP contribution in [0.5, 0.6) is 0 Å². The summed E-state index contributed by atoms with van der Waals surface area (Å²) in [5.74, 6) is 0.848. The third kappa shape index (κ3) is 8.30. The van der Waals surface area contributed by atoms with E-state index in [9.17, 15) is 0 Å². The minimum Gasteiger partial charge on any atom is -0.311 e. The molecule has 0 aliphatic carbocycles. The van der Waals surface area contributed by atoms with Crippen LogP contribution in [0.2, 0.25) is 0 Å². The van der Waals surface area contributed by atoms with Crippen molar-refractivity contribution in [3.05, 3.63) is 315 Å². The van der Waals surface area contributed by atoms with Gasteiger partial charge in [-0.15, -0.1) is 11.3 Å². The first kappa shape index (κ1) is 54.3. The number of hydrogen-bond donors (Lipinski definition) is 0. The average molecular weight is 1220 g/mol. The van der Waals surface area contributed by atoms with Gasteiger partial charge in [-0.2, -0.15) is 0 Å². The van der Waals surface area contributed by atoms with Crippen molar-refractivity contribution >= 4 is 132 Å². The van der Waals surface area contributed by atoms with Crippen LogP contribution < -0.4 is 26.2 Å². The summed E-state index contributed by atoms with van der Waals surface area (Å²) in [4.78, 5) is 11.1. The van der Waals surface area contributed by atoms with Crippen molar-refractivity contribution in [2.75, 3.05) is 9.80 Å². The van der Waals surface area contributed by atoms with E-state index in [4.69, 9.17) is 4.98 Å². The maximum absolute atomic E-state index is 5.96.